The summed E-state index contributed by atoms with van der Waals surface area (Å²) in [4.78, 5) is 159. The van der Waals surface area contributed by atoms with Crippen LogP contribution in [0.2, 0.25) is 0 Å². The molecule has 0 N–H and O–H groups in total. The lowest BCUT2D eigenvalue weighted by Crippen LogP contribution is -2.31. The van der Waals surface area contributed by atoms with Crippen molar-refractivity contribution in [3.05, 3.63) is 467 Å². The van der Waals surface area contributed by atoms with Crippen LogP contribution in [-0.2, 0) is 70.4 Å². The summed E-state index contributed by atoms with van der Waals surface area (Å²) in [6.07, 6.45) is 16.6. The average Bonchev–Trinajstić information content (AvgIpc) is 1.74. The highest BCUT2D eigenvalue weighted by Gasteiger charge is 2.38. The van der Waals surface area contributed by atoms with Gasteiger partial charge in [-0.05, 0) is 192 Å². The van der Waals surface area contributed by atoms with E-state index < -0.39 is 23.6 Å². The predicted octanol–water partition coefficient (Wildman–Crippen LogP) is 21.3. The van der Waals surface area contributed by atoms with Crippen LogP contribution >= 0.6 is 0 Å². The maximum atomic E-state index is 12.9. The van der Waals surface area contributed by atoms with Gasteiger partial charge >= 0.3 is 0 Å². The zero-order valence-electron chi connectivity index (χ0n) is 76.6. The van der Waals surface area contributed by atoms with Gasteiger partial charge in [-0.2, -0.15) is 0 Å². The minimum Gasteiger partial charge on any atom is -0.495 e. The van der Waals surface area contributed by atoms with Crippen LogP contribution in [0, 0.1) is 13.8 Å². The molecule has 0 saturated carbocycles. The quantitative estimate of drug-likeness (QED) is 0.0404. The van der Waals surface area contributed by atoms with E-state index in [0.29, 0.717) is 58.5 Å². The van der Waals surface area contributed by atoms with Crippen molar-refractivity contribution in [2.24, 2.45) is 0 Å². The van der Waals surface area contributed by atoms with Crippen molar-refractivity contribution in [2.45, 2.75) is 58.3 Å². The van der Waals surface area contributed by atoms with Gasteiger partial charge in [0.15, 0.2) is 0 Å². The summed E-state index contributed by atoms with van der Waals surface area (Å²) < 4.78 is 11.3. The van der Waals surface area contributed by atoms with Crippen molar-refractivity contribution in [3.8, 4) is 67.1 Å². The number of anilines is 6. The fourth-order valence-corrected chi connectivity index (χ4v) is 19.0. The Labute approximate surface area is 803 Å². The molecule has 20 rings (SSSR count). The van der Waals surface area contributed by atoms with Crippen LogP contribution in [0.4, 0.5) is 34.1 Å². The van der Waals surface area contributed by atoms with E-state index in [-0.39, 0.29) is 65.0 Å². The number of ether oxygens (including phenoxy) is 2. The molecule has 14 aromatic carbocycles. The van der Waals surface area contributed by atoms with Crippen molar-refractivity contribution < 1.29 is 67.0 Å². The molecule has 139 heavy (non-hydrogen) atoms. The monoisotopic (exact) mass is 1830 g/mol. The van der Waals surface area contributed by atoms with E-state index in [1.165, 1.54) is 107 Å². The minimum atomic E-state index is -0.440. The van der Waals surface area contributed by atoms with Crippen LogP contribution in [0.5, 0.6) is 11.5 Å². The second kappa shape index (κ2) is 39.6. The van der Waals surface area contributed by atoms with Crippen LogP contribution in [0.25, 0.3) is 55.6 Å². The molecule has 20 nitrogen and oxygen atoms in total. The van der Waals surface area contributed by atoms with Crippen molar-refractivity contribution in [1.29, 1.82) is 0 Å². The molecule has 0 radical (unpaired) electrons. The van der Waals surface area contributed by atoms with E-state index in [9.17, 15) is 57.5 Å². The third-order valence-corrected chi connectivity index (χ3v) is 25.5. The first-order valence-corrected chi connectivity index (χ1v) is 45.4. The van der Waals surface area contributed by atoms with E-state index >= 15 is 0 Å². The van der Waals surface area contributed by atoms with Gasteiger partial charge in [-0.25, -0.2) is 29.4 Å². The van der Waals surface area contributed by atoms with E-state index in [4.69, 9.17) is 9.47 Å². The number of imide groups is 6. The van der Waals surface area contributed by atoms with Gasteiger partial charge in [0, 0.05) is 102 Å². The normalized spacial score (nSPS) is 14.3. The fourth-order valence-electron chi connectivity index (χ4n) is 19.0. The van der Waals surface area contributed by atoms with Crippen LogP contribution in [0.1, 0.15) is 104 Å². The lowest BCUT2D eigenvalue weighted by atomic mass is 9.81. The second-order valence-electron chi connectivity index (χ2n) is 33.9. The molecule has 0 unspecified atom stereocenters. The maximum absolute atomic E-state index is 12.9. The number of carbonyl (C=O) groups is 12. The molecule has 6 heterocycles. The van der Waals surface area contributed by atoms with Crippen molar-refractivity contribution >= 4 is 105 Å². The Bertz CT molecular complexity index is 7100. The van der Waals surface area contributed by atoms with Gasteiger partial charge < -0.3 is 9.47 Å². The Hall–Kier alpha value is -18.0. The number of aryl methyl sites for hydroxylation is 4. The number of hydrogen-bond donors (Lipinski definition) is 0. The molecule has 6 aliphatic rings. The Morgan fingerprint density at radius 1 is 0.209 bits per heavy atom. The van der Waals surface area contributed by atoms with Crippen LogP contribution in [-0.4, -0.2) is 85.1 Å². The van der Waals surface area contributed by atoms with Gasteiger partial charge in [0.1, 0.15) is 11.5 Å². The Kier molecular flexibility index (Phi) is 26.1. The van der Waals surface area contributed by atoms with E-state index in [0.717, 1.165) is 138 Å². The molecule has 20 heteroatoms. The number of hydrogen-bond acceptors (Lipinski definition) is 14. The first kappa shape index (κ1) is 91.5. The molecule has 680 valence electrons. The van der Waals surface area contributed by atoms with Gasteiger partial charge in [-0.1, -0.05) is 287 Å². The maximum Gasteiger partial charge on any atom is 0.258 e. The third-order valence-electron chi connectivity index (χ3n) is 25.5. The molecule has 0 aromatic heterocycles. The summed E-state index contributed by atoms with van der Waals surface area (Å²) in [6, 6.07) is 106. The zero-order chi connectivity index (χ0) is 96.8. The number of amides is 12. The largest absolute Gasteiger partial charge is 0.495 e. The summed E-state index contributed by atoms with van der Waals surface area (Å²) in [7, 11) is 2.97. The van der Waals surface area contributed by atoms with Gasteiger partial charge in [-0.3, -0.25) is 57.5 Å². The Balaban J connectivity index is 0.000000139. The van der Waals surface area contributed by atoms with Crippen LogP contribution in [0.15, 0.2) is 394 Å². The molecule has 12 amide bonds. The molecule has 6 aliphatic heterocycles. The predicted molar refractivity (Wildman–Crippen MR) is 539 cm³/mol. The number of carbonyl (C=O) groups excluding carboxylic acids is 12. The van der Waals surface area contributed by atoms with Crippen LogP contribution in [0.3, 0.4) is 0 Å². The van der Waals surface area contributed by atoms with Gasteiger partial charge in [0.05, 0.1) is 48.3 Å². The number of methoxy groups -OCH3 is 2. The summed E-state index contributed by atoms with van der Waals surface area (Å²) in [6.45, 7) is 7.93. The fraction of sp³-hybridized carbons (Fsp3) is 0.0924. The molecule has 0 aliphatic carbocycles. The van der Waals surface area contributed by atoms with E-state index in [1.807, 2.05) is 228 Å². The molecule has 0 saturated heterocycles. The Morgan fingerprint density at radius 2 is 0.417 bits per heavy atom. The molecular weight excluding hydrogens is 1740 g/mol. The van der Waals surface area contributed by atoms with E-state index in [2.05, 4.69) is 109 Å². The zero-order valence-corrected chi connectivity index (χ0v) is 76.6. The summed E-state index contributed by atoms with van der Waals surface area (Å²) in [5.41, 5.74) is 24.8. The lowest BCUT2D eigenvalue weighted by Gasteiger charge is -2.27. The average molecular weight is 1830 g/mol. The van der Waals surface area contributed by atoms with Crippen molar-refractivity contribution in [3.63, 3.8) is 0 Å². The van der Waals surface area contributed by atoms with Crippen LogP contribution < -0.4 is 38.9 Å². The SMILES string of the molecule is CCc1cc(C(c2ccc(-c3ccccc3)cc2)c2cc(C)c(N3C(=O)C=CC3=O)c(CC)c2)cc(C)c1N1C(=O)C=CC1=O.COc1cc(C(c2ccc(-c3ccccc3)cc2)c2ccc(N3C(=O)C=CC3=O)c(OC)c2)ccc1N1C(=O)C=CC1=O.O=C1C=CC(=O)N1c1ccc(C(c2ccc(-c3ccccc3)cc2)c2ccc(N3C(=O)C=CC3=O)c(-c3ccccc3)c2)cc1-c1ccccc1. The van der Waals surface area contributed by atoms with Crippen molar-refractivity contribution in [2.75, 3.05) is 43.6 Å². The highest BCUT2D eigenvalue weighted by atomic mass is 16.5. The highest BCUT2D eigenvalue weighted by Crippen LogP contribution is 2.48. The first-order valence-electron chi connectivity index (χ1n) is 45.4. The molecular formula is C119H90N6O14. The highest BCUT2D eigenvalue weighted by molar-refractivity contribution is 6.33. The second-order valence-corrected chi connectivity index (χ2v) is 33.9. The van der Waals surface area contributed by atoms with Gasteiger partial charge in [-0.15, -0.1) is 0 Å². The Morgan fingerprint density at radius 3 is 0.669 bits per heavy atom. The summed E-state index contributed by atoms with van der Waals surface area (Å²) in [5, 5.41) is 0. The molecule has 0 atom stereocenters. The first-order chi connectivity index (χ1) is 67.6. The number of rotatable bonds is 24. The van der Waals surface area contributed by atoms with Gasteiger partial charge in [0.2, 0.25) is 0 Å². The number of nitrogens with zero attached hydrogens (tertiary/aromatic N) is 6. The number of benzene rings is 14. The molecule has 0 fully saturated rings. The molecule has 0 spiro atoms. The van der Waals surface area contributed by atoms with Crippen molar-refractivity contribution in [1.82, 2.24) is 0 Å². The topological polar surface area (TPSA) is 243 Å². The molecule has 14 aromatic rings. The lowest BCUT2D eigenvalue weighted by molar-refractivity contribution is -0.121. The summed E-state index contributed by atoms with van der Waals surface area (Å²) >= 11 is 0. The summed E-state index contributed by atoms with van der Waals surface area (Å²) in [5.74, 6) is -4.79. The third kappa shape index (κ3) is 18.3. The van der Waals surface area contributed by atoms with Gasteiger partial charge in [0.25, 0.3) is 70.9 Å². The minimum absolute atomic E-state index is 0.197. The van der Waals surface area contributed by atoms with E-state index in [1.54, 1.807) is 12.1 Å². The molecule has 0 bridgehead atoms. The standard InChI is InChI=1S/C45H30N2O4.C39H34N2O4.C35H26N2O6/c48-41-24-25-42(49)46(41)39-22-20-35(28-37(39)32-12-6-2-7-13-32)45(34-18-16-31(17-19-34)30-10-4-1-5-11-30)36-21-23-40(47-43(50)26-27-44(47)51)38(29-36)33-14-8-3-9-15-33;1-5-26-22-31(20-24(3)38(26)40-33(42)16-17-34(40)43)37(30-14-12-29(13-15-30)28-10-8-7-9-11-28)32-21-25(4)39(27(6-2)23-32)41-35(44)18-19-36(41)45;1-42-29-20-25(12-14-27(29)36-31(38)16-17-32(36)39)35(24-10-8-23(9-11-24)22-6-4-3-5-7-22)26-13-15-28(30(21-26)43-2)37-33(40)18-19-34(37)41/h1-29,45H;7-23,37H,5-6H2,1-4H3;3-21,35H,1-2H3. The smallest absolute Gasteiger partial charge is 0.258 e.